The number of aryl methyl sites for hydroxylation is 2. The van der Waals surface area contributed by atoms with Crippen LogP contribution in [0.15, 0.2) is 60.7 Å². The van der Waals surface area contributed by atoms with Gasteiger partial charge in [-0.2, -0.15) is 0 Å². The van der Waals surface area contributed by atoms with Crippen molar-refractivity contribution in [2.45, 2.75) is 51.5 Å². The van der Waals surface area contributed by atoms with E-state index in [0.717, 1.165) is 12.0 Å². The monoisotopic (exact) mass is 357 g/mol. The van der Waals surface area contributed by atoms with Gasteiger partial charge in [-0.1, -0.05) is 67.6 Å². The van der Waals surface area contributed by atoms with Crippen molar-refractivity contribution in [3.63, 3.8) is 0 Å². The second-order valence-electron chi connectivity index (χ2n) is 7.22. The van der Waals surface area contributed by atoms with Crippen molar-refractivity contribution in [2.75, 3.05) is 13.1 Å². The predicted octanol–water partition coefficient (Wildman–Crippen LogP) is 5.77. The molecule has 0 amide bonds. The van der Waals surface area contributed by atoms with Crippen molar-refractivity contribution in [3.05, 3.63) is 71.8 Å². The first kappa shape index (κ1) is 20.0. The van der Waals surface area contributed by atoms with E-state index in [4.69, 9.17) is 0 Å². The Morgan fingerprint density at radius 3 is 1.96 bits per heavy atom. The third-order valence-corrected chi connectivity index (χ3v) is 5.65. The number of rotatable bonds is 7. The predicted molar refractivity (Wildman–Crippen MR) is 111 cm³/mol. The zero-order valence-electron chi connectivity index (χ0n) is 15.4. The van der Waals surface area contributed by atoms with Crippen LogP contribution >= 0.6 is 12.4 Å². The molecule has 0 N–H and O–H groups in total. The highest BCUT2D eigenvalue weighted by atomic mass is 35.5. The lowest BCUT2D eigenvalue weighted by Crippen LogP contribution is -2.42. The molecule has 1 aliphatic rings. The molecule has 0 saturated carbocycles. The van der Waals surface area contributed by atoms with E-state index < -0.39 is 0 Å². The molecule has 2 aromatic rings. The molecule has 2 unspecified atom stereocenters. The van der Waals surface area contributed by atoms with E-state index in [1.165, 1.54) is 62.7 Å². The first-order chi connectivity index (χ1) is 11.8. The van der Waals surface area contributed by atoms with E-state index >= 15 is 0 Å². The molecule has 1 fully saturated rings. The summed E-state index contributed by atoms with van der Waals surface area (Å²) in [5.74, 6) is 0.897. The van der Waals surface area contributed by atoms with Gasteiger partial charge in [-0.25, -0.2) is 0 Å². The molecule has 1 nitrogen and oxygen atoms in total. The summed E-state index contributed by atoms with van der Waals surface area (Å²) < 4.78 is 0. The average Bonchev–Trinajstić information content (AvgIpc) is 2.66. The molecule has 3 rings (SSSR count). The summed E-state index contributed by atoms with van der Waals surface area (Å²) in [7, 11) is 0. The van der Waals surface area contributed by atoms with Crippen LogP contribution in [-0.2, 0) is 12.8 Å². The first-order valence-corrected chi connectivity index (χ1v) is 9.67. The molecule has 25 heavy (non-hydrogen) atoms. The Morgan fingerprint density at radius 2 is 1.40 bits per heavy atom. The maximum atomic E-state index is 2.71. The fourth-order valence-corrected chi connectivity index (χ4v) is 4.16. The van der Waals surface area contributed by atoms with Crippen LogP contribution < -0.4 is 0 Å². The number of likely N-dealkylation sites (tertiary alicyclic amines) is 1. The van der Waals surface area contributed by atoms with Crippen molar-refractivity contribution >= 4 is 12.4 Å². The van der Waals surface area contributed by atoms with E-state index in [9.17, 15) is 0 Å². The van der Waals surface area contributed by atoms with Gasteiger partial charge < -0.3 is 4.90 Å². The number of benzene rings is 2. The molecule has 0 radical (unpaired) electrons. The number of hydrogen-bond acceptors (Lipinski definition) is 1. The molecule has 0 bridgehead atoms. The molecule has 0 spiro atoms. The maximum Gasteiger partial charge on any atom is 0.0101 e. The summed E-state index contributed by atoms with van der Waals surface area (Å²) in [6, 6.07) is 22.7. The molecule has 1 aliphatic heterocycles. The van der Waals surface area contributed by atoms with Gasteiger partial charge in [0.1, 0.15) is 0 Å². The van der Waals surface area contributed by atoms with Crippen molar-refractivity contribution in [3.8, 4) is 0 Å². The minimum atomic E-state index is 0. The molecule has 136 valence electrons. The molecule has 1 saturated heterocycles. The quantitative estimate of drug-likeness (QED) is 0.607. The lowest BCUT2D eigenvalue weighted by molar-refractivity contribution is 0.108. The van der Waals surface area contributed by atoms with Crippen LogP contribution in [0.5, 0.6) is 0 Å². The van der Waals surface area contributed by atoms with Crippen molar-refractivity contribution < 1.29 is 0 Å². The maximum absolute atomic E-state index is 2.71. The molecule has 0 aromatic heterocycles. The molecular weight excluding hydrogens is 326 g/mol. The van der Waals surface area contributed by atoms with Crippen molar-refractivity contribution in [1.82, 2.24) is 4.90 Å². The average molecular weight is 358 g/mol. The molecule has 2 aromatic carbocycles. The van der Waals surface area contributed by atoms with Gasteiger partial charge in [0.25, 0.3) is 0 Å². The Bertz CT molecular complexity index is 584. The van der Waals surface area contributed by atoms with Gasteiger partial charge >= 0.3 is 0 Å². The van der Waals surface area contributed by atoms with E-state index in [-0.39, 0.29) is 12.4 Å². The lowest BCUT2D eigenvalue weighted by Gasteiger charge is -2.39. The standard InChI is InChI=1S/C23H31N.ClH/c1-2-24-18-17-22(14-13-20-9-5-3-6-10-20)19-23(24)16-15-21-11-7-4-8-12-21;/h3-12,22-23H,2,13-19H2,1H3;1H. The molecule has 2 heteroatoms. The third-order valence-electron chi connectivity index (χ3n) is 5.65. The minimum Gasteiger partial charge on any atom is -0.301 e. The second-order valence-corrected chi connectivity index (χ2v) is 7.22. The Hall–Kier alpha value is -1.31. The van der Waals surface area contributed by atoms with Gasteiger partial charge in [-0.05, 0) is 68.7 Å². The number of halogens is 1. The minimum absolute atomic E-state index is 0. The highest BCUT2D eigenvalue weighted by Crippen LogP contribution is 2.29. The van der Waals surface area contributed by atoms with Crippen LogP contribution in [0.2, 0.25) is 0 Å². The van der Waals surface area contributed by atoms with Crippen LogP contribution in [0.4, 0.5) is 0 Å². The summed E-state index contributed by atoms with van der Waals surface area (Å²) in [6.07, 6.45) is 7.87. The summed E-state index contributed by atoms with van der Waals surface area (Å²) >= 11 is 0. The molecule has 0 aliphatic carbocycles. The van der Waals surface area contributed by atoms with Gasteiger partial charge in [-0.3, -0.25) is 0 Å². The first-order valence-electron chi connectivity index (χ1n) is 9.67. The highest BCUT2D eigenvalue weighted by molar-refractivity contribution is 5.85. The number of hydrogen-bond donors (Lipinski definition) is 0. The van der Waals surface area contributed by atoms with E-state index in [2.05, 4.69) is 72.5 Å². The Balaban J connectivity index is 0.00000225. The fraction of sp³-hybridized carbons (Fsp3) is 0.478. The normalized spacial score (nSPS) is 20.8. The van der Waals surface area contributed by atoms with Gasteiger partial charge in [-0.15, -0.1) is 12.4 Å². The summed E-state index contributed by atoms with van der Waals surface area (Å²) in [6.45, 7) is 4.81. The smallest absolute Gasteiger partial charge is 0.0101 e. The Kier molecular flexibility index (Phi) is 8.51. The van der Waals surface area contributed by atoms with E-state index in [1.807, 2.05) is 0 Å². The zero-order chi connectivity index (χ0) is 16.6. The van der Waals surface area contributed by atoms with Gasteiger partial charge in [0.15, 0.2) is 0 Å². The molecule has 1 heterocycles. The lowest BCUT2D eigenvalue weighted by atomic mass is 9.84. The zero-order valence-corrected chi connectivity index (χ0v) is 16.3. The SMILES string of the molecule is CCN1CCC(CCc2ccccc2)CC1CCc1ccccc1.Cl. The topological polar surface area (TPSA) is 3.24 Å². The van der Waals surface area contributed by atoms with E-state index in [0.29, 0.717) is 0 Å². The Morgan fingerprint density at radius 1 is 0.840 bits per heavy atom. The molecule has 2 atom stereocenters. The highest BCUT2D eigenvalue weighted by Gasteiger charge is 2.26. The molecular formula is C23H32ClN. The second kappa shape index (κ2) is 10.6. The van der Waals surface area contributed by atoms with Crippen LogP contribution in [-0.4, -0.2) is 24.0 Å². The van der Waals surface area contributed by atoms with Gasteiger partial charge in [0.05, 0.1) is 0 Å². The van der Waals surface area contributed by atoms with E-state index in [1.54, 1.807) is 0 Å². The van der Waals surface area contributed by atoms with Crippen LogP contribution in [0, 0.1) is 5.92 Å². The summed E-state index contributed by atoms with van der Waals surface area (Å²) in [5.41, 5.74) is 2.98. The summed E-state index contributed by atoms with van der Waals surface area (Å²) in [4.78, 5) is 2.71. The third kappa shape index (κ3) is 6.17. The number of nitrogens with zero attached hydrogens (tertiary/aromatic N) is 1. The van der Waals surface area contributed by atoms with Crippen LogP contribution in [0.1, 0.15) is 43.7 Å². The Labute approximate surface area is 159 Å². The summed E-state index contributed by atoms with van der Waals surface area (Å²) in [5, 5.41) is 0. The van der Waals surface area contributed by atoms with Crippen LogP contribution in [0.25, 0.3) is 0 Å². The van der Waals surface area contributed by atoms with Gasteiger partial charge in [0.2, 0.25) is 0 Å². The fourth-order valence-electron chi connectivity index (χ4n) is 4.16. The van der Waals surface area contributed by atoms with Crippen molar-refractivity contribution in [1.29, 1.82) is 0 Å². The van der Waals surface area contributed by atoms with Gasteiger partial charge in [0, 0.05) is 6.04 Å². The van der Waals surface area contributed by atoms with Crippen LogP contribution in [0.3, 0.4) is 0 Å². The van der Waals surface area contributed by atoms with Crippen molar-refractivity contribution in [2.24, 2.45) is 5.92 Å². The number of piperidine rings is 1. The largest absolute Gasteiger partial charge is 0.301 e.